The number of nitriles is 1. The Kier molecular flexibility index (Phi) is 4.36. The van der Waals surface area contributed by atoms with Crippen molar-refractivity contribution >= 4 is 23.6 Å². The lowest BCUT2D eigenvalue weighted by Gasteiger charge is -2.36. The van der Waals surface area contributed by atoms with Gasteiger partial charge < -0.3 is 14.9 Å². The first-order chi connectivity index (χ1) is 11.6. The van der Waals surface area contributed by atoms with Crippen LogP contribution in [0.15, 0.2) is 44.8 Å². The smallest absolute Gasteiger partial charge is 0.338 e. The van der Waals surface area contributed by atoms with Crippen molar-refractivity contribution in [3.8, 4) is 6.07 Å². The fraction of sp³-hybridized carbons (Fsp3) is 0.312. The van der Waals surface area contributed by atoms with Crippen LogP contribution in [0.3, 0.4) is 0 Å². The van der Waals surface area contributed by atoms with Gasteiger partial charge in [-0.15, -0.1) is 11.8 Å². The van der Waals surface area contributed by atoms with Gasteiger partial charge in [-0.05, 0) is 19.1 Å². The third-order valence-corrected chi connectivity index (χ3v) is 4.86. The molecule has 1 unspecified atom stereocenters. The molecule has 1 aromatic heterocycles. The number of hydrogen-bond acceptors (Lipinski definition) is 7. The molecule has 1 aromatic rings. The van der Waals surface area contributed by atoms with Crippen molar-refractivity contribution in [2.24, 2.45) is 5.73 Å². The van der Waals surface area contributed by atoms with Gasteiger partial charge >= 0.3 is 5.97 Å². The van der Waals surface area contributed by atoms with Gasteiger partial charge in [-0.1, -0.05) is 0 Å². The Balaban J connectivity index is 2.22. The summed E-state index contributed by atoms with van der Waals surface area (Å²) >= 11 is 1.37. The Morgan fingerprint density at radius 3 is 3.04 bits per heavy atom. The van der Waals surface area contributed by atoms with Gasteiger partial charge in [0.1, 0.15) is 11.6 Å². The van der Waals surface area contributed by atoms with E-state index in [9.17, 15) is 14.9 Å². The highest BCUT2D eigenvalue weighted by atomic mass is 32.2. The van der Waals surface area contributed by atoms with Crippen LogP contribution in [0.1, 0.15) is 25.0 Å². The van der Waals surface area contributed by atoms with E-state index in [4.69, 9.17) is 14.9 Å². The Hall–Kier alpha value is -2.66. The minimum Gasteiger partial charge on any atom is -0.468 e. The van der Waals surface area contributed by atoms with Crippen LogP contribution in [-0.2, 0) is 14.3 Å². The number of carbonyl (C=O) groups is 2. The largest absolute Gasteiger partial charge is 0.468 e. The molecular formula is C16H15N3O4S. The molecule has 1 atom stereocenters. The molecule has 2 aliphatic heterocycles. The van der Waals surface area contributed by atoms with E-state index in [1.807, 2.05) is 0 Å². The zero-order valence-corrected chi connectivity index (χ0v) is 13.8. The Morgan fingerprint density at radius 2 is 2.42 bits per heavy atom. The lowest BCUT2D eigenvalue weighted by molar-refractivity contribution is -0.139. The number of nitrogens with zero attached hydrogens (tertiary/aromatic N) is 2. The van der Waals surface area contributed by atoms with Crippen molar-refractivity contribution in [1.82, 2.24) is 4.90 Å². The minimum absolute atomic E-state index is 0.000972. The van der Waals surface area contributed by atoms with Gasteiger partial charge in [0.05, 0.1) is 41.0 Å². The second-order valence-corrected chi connectivity index (χ2v) is 6.21. The topological polar surface area (TPSA) is 110 Å². The molecule has 24 heavy (non-hydrogen) atoms. The number of ether oxygens (including phenoxy) is 1. The summed E-state index contributed by atoms with van der Waals surface area (Å²) in [4.78, 5) is 26.0. The van der Waals surface area contributed by atoms with Gasteiger partial charge in [-0.25, -0.2) is 4.79 Å². The summed E-state index contributed by atoms with van der Waals surface area (Å²) in [6, 6.07) is 5.45. The highest BCUT2D eigenvalue weighted by Gasteiger charge is 2.43. The van der Waals surface area contributed by atoms with Crippen LogP contribution in [0.2, 0.25) is 0 Å². The lowest BCUT2D eigenvalue weighted by atomic mass is 9.86. The summed E-state index contributed by atoms with van der Waals surface area (Å²) in [5.41, 5.74) is 6.48. The molecule has 0 saturated carbocycles. The number of esters is 1. The van der Waals surface area contributed by atoms with E-state index in [0.29, 0.717) is 16.5 Å². The van der Waals surface area contributed by atoms with Crippen molar-refractivity contribution in [2.75, 3.05) is 12.4 Å². The molecule has 3 heterocycles. The van der Waals surface area contributed by atoms with Crippen LogP contribution in [0.25, 0.3) is 0 Å². The molecule has 0 aliphatic carbocycles. The normalized spacial score (nSPS) is 20.8. The molecule has 3 rings (SSSR count). The molecule has 1 saturated heterocycles. The third-order valence-electron chi connectivity index (χ3n) is 3.78. The first-order valence-electron chi connectivity index (χ1n) is 7.40. The Labute approximate surface area is 142 Å². The number of hydrogen-bond donors (Lipinski definition) is 1. The monoisotopic (exact) mass is 345 g/mol. The maximum atomic E-state index is 12.5. The molecule has 2 aliphatic rings. The molecule has 2 N–H and O–H groups in total. The van der Waals surface area contributed by atoms with E-state index >= 15 is 0 Å². The molecule has 0 radical (unpaired) electrons. The first kappa shape index (κ1) is 16.2. The number of allylic oxidation sites excluding steroid dienone is 1. The van der Waals surface area contributed by atoms with Crippen LogP contribution >= 0.6 is 11.8 Å². The second-order valence-electron chi connectivity index (χ2n) is 5.13. The fourth-order valence-electron chi connectivity index (χ4n) is 2.79. The predicted molar refractivity (Wildman–Crippen MR) is 85.9 cm³/mol. The molecule has 1 amide bonds. The summed E-state index contributed by atoms with van der Waals surface area (Å²) in [7, 11) is 0. The van der Waals surface area contributed by atoms with Gasteiger partial charge in [0.25, 0.3) is 0 Å². The predicted octanol–water partition coefficient (Wildman–Crippen LogP) is 1.81. The Morgan fingerprint density at radius 1 is 1.62 bits per heavy atom. The average Bonchev–Trinajstić information content (AvgIpc) is 3.08. The highest BCUT2D eigenvalue weighted by Crippen LogP contribution is 2.46. The first-order valence-corrected chi connectivity index (χ1v) is 8.38. The quantitative estimate of drug-likeness (QED) is 0.832. The maximum absolute atomic E-state index is 12.5. The lowest BCUT2D eigenvalue weighted by Crippen LogP contribution is -2.42. The fourth-order valence-corrected chi connectivity index (χ4v) is 3.90. The van der Waals surface area contributed by atoms with Crippen molar-refractivity contribution < 1.29 is 18.7 Å². The molecule has 0 aromatic carbocycles. The van der Waals surface area contributed by atoms with Crippen LogP contribution in [0.4, 0.5) is 0 Å². The molecule has 1 fully saturated rings. The zero-order chi connectivity index (χ0) is 17.3. The number of carbonyl (C=O) groups excluding carboxylic acids is 2. The van der Waals surface area contributed by atoms with Crippen molar-refractivity contribution in [3.63, 3.8) is 0 Å². The second kappa shape index (κ2) is 6.45. The molecule has 124 valence electrons. The van der Waals surface area contributed by atoms with Gasteiger partial charge in [0.15, 0.2) is 0 Å². The molecule has 0 bridgehead atoms. The summed E-state index contributed by atoms with van der Waals surface area (Å²) in [6.07, 6.45) is 1.74. The van der Waals surface area contributed by atoms with E-state index in [-0.39, 0.29) is 35.9 Å². The zero-order valence-electron chi connectivity index (χ0n) is 12.9. The number of nitrogens with two attached hydrogens (primary N) is 1. The standard InChI is InChI=1S/C16H15N3O4S/c1-2-22-16(21)13-12(10-4-3-6-23-10)9(8-17)15-19(14(13)18)11(20)5-7-24-15/h3-4,6,12H,2,5,7,18H2,1H3. The Bertz CT molecular complexity index is 789. The van der Waals surface area contributed by atoms with Gasteiger partial charge in [-0.3, -0.25) is 9.69 Å². The van der Waals surface area contributed by atoms with Crippen LogP contribution in [0.5, 0.6) is 0 Å². The number of amides is 1. The summed E-state index contributed by atoms with van der Waals surface area (Å²) in [6.45, 7) is 1.83. The van der Waals surface area contributed by atoms with Crippen molar-refractivity contribution in [2.45, 2.75) is 19.3 Å². The number of furan rings is 1. The molecule has 8 heteroatoms. The third kappa shape index (κ3) is 2.47. The number of thioether (sulfide) groups is 1. The van der Waals surface area contributed by atoms with Crippen LogP contribution in [-0.4, -0.2) is 29.1 Å². The van der Waals surface area contributed by atoms with E-state index in [1.165, 1.54) is 22.9 Å². The molecule has 7 nitrogen and oxygen atoms in total. The van der Waals surface area contributed by atoms with E-state index in [2.05, 4.69) is 6.07 Å². The summed E-state index contributed by atoms with van der Waals surface area (Å²) in [5.74, 6) is -0.721. The molecular weight excluding hydrogens is 330 g/mol. The molecule has 0 spiro atoms. The summed E-state index contributed by atoms with van der Waals surface area (Å²) < 4.78 is 10.5. The maximum Gasteiger partial charge on any atom is 0.338 e. The van der Waals surface area contributed by atoms with Gasteiger partial charge in [0, 0.05) is 12.2 Å². The average molecular weight is 345 g/mol. The number of fused-ring (bicyclic) bond motifs is 1. The van der Waals surface area contributed by atoms with E-state index < -0.39 is 11.9 Å². The van der Waals surface area contributed by atoms with Crippen LogP contribution in [0, 0.1) is 11.3 Å². The highest BCUT2D eigenvalue weighted by molar-refractivity contribution is 8.03. The van der Waals surface area contributed by atoms with Crippen LogP contribution < -0.4 is 5.73 Å². The SMILES string of the molecule is CCOC(=O)C1=C(N)N2C(=O)CCSC2=C(C#N)C1c1ccco1. The van der Waals surface area contributed by atoms with Gasteiger partial charge in [0.2, 0.25) is 5.91 Å². The van der Waals surface area contributed by atoms with E-state index in [0.717, 1.165) is 0 Å². The minimum atomic E-state index is -0.784. The van der Waals surface area contributed by atoms with Crippen molar-refractivity contribution in [3.05, 3.63) is 46.2 Å². The van der Waals surface area contributed by atoms with Gasteiger partial charge in [-0.2, -0.15) is 5.26 Å². The van der Waals surface area contributed by atoms with Crippen molar-refractivity contribution in [1.29, 1.82) is 5.26 Å². The summed E-state index contributed by atoms with van der Waals surface area (Å²) in [5, 5.41) is 10.1. The van der Waals surface area contributed by atoms with E-state index in [1.54, 1.807) is 19.1 Å². The number of rotatable bonds is 3.